The molecule has 0 saturated carbocycles. The molecule has 0 bridgehead atoms. The van der Waals surface area contributed by atoms with Gasteiger partial charge in [-0.1, -0.05) is 0 Å². The molecular formula is C11H9F7O4S. The molecule has 0 fully saturated rings. The Morgan fingerprint density at radius 3 is 1.70 bits per heavy atom. The van der Waals surface area contributed by atoms with Crippen molar-refractivity contribution in [1.82, 2.24) is 0 Å². The molecule has 1 aromatic carbocycles. The van der Waals surface area contributed by atoms with Gasteiger partial charge in [-0.05, 0) is 37.1 Å². The van der Waals surface area contributed by atoms with Crippen LogP contribution in [0.5, 0.6) is 11.5 Å². The summed E-state index contributed by atoms with van der Waals surface area (Å²) < 4.78 is 114. The lowest BCUT2D eigenvalue weighted by Crippen LogP contribution is -2.57. The monoisotopic (exact) mass is 370 g/mol. The number of alkyl halides is 7. The average molecular weight is 370 g/mol. The highest BCUT2D eigenvalue weighted by atomic mass is 32.2. The number of hydrogen-bond donors (Lipinski definition) is 1. The first-order chi connectivity index (χ1) is 10.0. The first-order valence-corrected chi connectivity index (χ1v) is 7.02. The Labute approximate surface area is 125 Å². The molecule has 1 N–H and O–H groups in total. The Morgan fingerprint density at radius 1 is 0.957 bits per heavy atom. The lowest BCUT2D eigenvalue weighted by molar-refractivity contribution is -0.333. The van der Waals surface area contributed by atoms with E-state index in [9.17, 15) is 44.3 Å². The molecule has 0 radical (unpaired) electrons. The topological polar surface area (TPSA) is 63.6 Å². The lowest BCUT2D eigenvalue weighted by atomic mass is 10.1. The van der Waals surface area contributed by atoms with Crippen LogP contribution < -0.4 is 4.18 Å². The summed E-state index contributed by atoms with van der Waals surface area (Å²) in [4.78, 5) is 0. The van der Waals surface area contributed by atoms with Crippen LogP contribution in [-0.2, 0) is 10.1 Å². The summed E-state index contributed by atoms with van der Waals surface area (Å²) in [5, 5.41) is 2.85. The fraction of sp³-hybridized carbons (Fsp3) is 0.455. The van der Waals surface area contributed by atoms with Gasteiger partial charge in [-0.2, -0.15) is 39.2 Å². The predicted molar refractivity (Wildman–Crippen MR) is 63.1 cm³/mol. The van der Waals surface area contributed by atoms with Gasteiger partial charge >= 0.3 is 27.5 Å². The van der Waals surface area contributed by atoms with Crippen molar-refractivity contribution in [3.8, 4) is 11.5 Å². The van der Waals surface area contributed by atoms with Crippen LogP contribution in [0.25, 0.3) is 0 Å². The van der Waals surface area contributed by atoms with Gasteiger partial charge in [-0.15, -0.1) is 0 Å². The van der Waals surface area contributed by atoms with Crippen molar-refractivity contribution >= 4 is 10.1 Å². The van der Waals surface area contributed by atoms with E-state index in [2.05, 4.69) is 4.18 Å². The molecule has 12 heteroatoms. The summed E-state index contributed by atoms with van der Waals surface area (Å²) in [7, 11) is -6.69. The van der Waals surface area contributed by atoms with Crippen LogP contribution in [0.4, 0.5) is 30.7 Å². The summed E-state index contributed by atoms with van der Waals surface area (Å²) in [6.07, 6.45) is -6.81. The quantitative estimate of drug-likeness (QED) is 0.651. The van der Waals surface area contributed by atoms with E-state index in [1.165, 1.54) is 13.8 Å². The zero-order valence-electron chi connectivity index (χ0n) is 11.4. The smallest absolute Gasteiger partial charge is 0.461 e. The highest BCUT2D eigenvalue weighted by Crippen LogP contribution is 2.49. The van der Waals surface area contributed by atoms with Gasteiger partial charge in [0.05, 0.1) is 0 Å². The standard InChI is InChI=1S/C11H9F7O4S/c1-5-3-7(4-6(2)8(5)19)22-23(20,21)11(17,18)9(12,13)10(14,15)16/h3-4,19H,1-2H3. The van der Waals surface area contributed by atoms with E-state index in [0.29, 0.717) is 12.1 Å². The molecule has 0 unspecified atom stereocenters. The molecule has 0 saturated heterocycles. The van der Waals surface area contributed by atoms with Gasteiger partial charge in [0, 0.05) is 0 Å². The third kappa shape index (κ3) is 3.16. The molecule has 0 aromatic heterocycles. The van der Waals surface area contributed by atoms with Crippen molar-refractivity contribution in [2.75, 3.05) is 0 Å². The third-order valence-electron chi connectivity index (χ3n) is 2.71. The summed E-state index contributed by atoms with van der Waals surface area (Å²) in [5.74, 6) is -8.17. The van der Waals surface area contributed by atoms with Gasteiger partial charge in [0.2, 0.25) is 0 Å². The largest absolute Gasteiger partial charge is 0.507 e. The van der Waals surface area contributed by atoms with Gasteiger partial charge in [0.25, 0.3) is 0 Å². The highest BCUT2D eigenvalue weighted by molar-refractivity contribution is 7.88. The van der Waals surface area contributed by atoms with Crippen LogP contribution in [0.15, 0.2) is 12.1 Å². The summed E-state index contributed by atoms with van der Waals surface area (Å²) in [6.45, 7) is 2.40. The molecule has 0 aliphatic heterocycles. The van der Waals surface area contributed by atoms with Gasteiger partial charge in [0.15, 0.2) is 0 Å². The van der Waals surface area contributed by atoms with Crippen LogP contribution in [0, 0.1) is 13.8 Å². The molecule has 0 aliphatic rings. The van der Waals surface area contributed by atoms with E-state index in [4.69, 9.17) is 0 Å². The SMILES string of the molecule is Cc1cc(OS(=O)(=O)C(F)(F)C(F)(F)C(F)(F)F)cc(C)c1O. The van der Waals surface area contributed by atoms with Crippen molar-refractivity contribution in [3.05, 3.63) is 23.3 Å². The summed E-state index contributed by atoms with van der Waals surface area (Å²) >= 11 is 0. The maximum absolute atomic E-state index is 13.2. The first-order valence-electron chi connectivity index (χ1n) is 5.61. The van der Waals surface area contributed by atoms with Crippen molar-refractivity contribution in [3.63, 3.8) is 0 Å². The number of halogens is 7. The molecule has 132 valence electrons. The lowest BCUT2D eigenvalue weighted by Gasteiger charge is -2.27. The molecule has 23 heavy (non-hydrogen) atoms. The van der Waals surface area contributed by atoms with Crippen molar-refractivity contribution in [2.45, 2.75) is 31.2 Å². The zero-order chi connectivity index (χ0) is 18.4. The van der Waals surface area contributed by atoms with E-state index in [1.807, 2.05) is 0 Å². The van der Waals surface area contributed by atoms with Gasteiger partial charge < -0.3 is 9.29 Å². The first kappa shape index (κ1) is 19.3. The van der Waals surface area contributed by atoms with Crippen LogP contribution in [0.2, 0.25) is 0 Å². The second-order valence-electron chi connectivity index (χ2n) is 4.53. The minimum Gasteiger partial charge on any atom is -0.507 e. The number of hydrogen-bond acceptors (Lipinski definition) is 4. The molecule has 0 aliphatic carbocycles. The minimum absolute atomic E-state index is 0.0684. The normalized spacial score (nSPS) is 14.0. The Kier molecular flexibility index (Phi) is 4.56. The van der Waals surface area contributed by atoms with Crippen molar-refractivity contribution in [2.24, 2.45) is 0 Å². The van der Waals surface area contributed by atoms with Crippen LogP contribution in [0.3, 0.4) is 0 Å². The fourth-order valence-electron chi connectivity index (χ4n) is 1.47. The van der Waals surface area contributed by atoms with Crippen molar-refractivity contribution < 1.29 is 48.4 Å². The highest BCUT2D eigenvalue weighted by Gasteiger charge is 2.80. The zero-order valence-corrected chi connectivity index (χ0v) is 12.2. The molecule has 4 nitrogen and oxygen atoms in total. The number of benzene rings is 1. The third-order valence-corrected chi connectivity index (χ3v) is 4.00. The predicted octanol–water partition coefficient (Wildman–Crippen LogP) is 3.51. The molecule has 0 heterocycles. The Morgan fingerprint density at radius 2 is 1.35 bits per heavy atom. The minimum atomic E-state index is -6.86. The van der Waals surface area contributed by atoms with E-state index in [0.717, 1.165) is 0 Å². The Bertz CT molecular complexity index is 687. The number of aromatic hydroxyl groups is 1. The van der Waals surface area contributed by atoms with E-state index >= 15 is 0 Å². The van der Waals surface area contributed by atoms with Crippen LogP contribution in [-0.4, -0.2) is 30.9 Å². The summed E-state index contributed by atoms with van der Waals surface area (Å²) in [6, 6.07) is 1.36. The molecule has 0 atom stereocenters. The van der Waals surface area contributed by atoms with Crippen molar-refractivity contribution in [1.29, 1.82) is 0 Å². The Hall–Kier alpha value is -1.72. The maximum atomic E-state index is 13.2. The van der Waals surface area contributed by atoms with E-state index in [-0.39, 0.29) is 16.9 Å². The molecule has 1 rings (SSSR count). The average Bonchev–Trinajstić information content (AvgIpc) is 2.33. The number of aryl methyl sites for hydroxylation is 2. The Balaban J connectivity index is 3.32. The molecule has 0 spiro atoms. The maximum Gasteiger partial charge on any atom is 0.461 e. The second-order valence-corrected chi connectivity index (χ2v) is 6.12. The number of phenols is 1. The van der Waals surface area contributed by atoms with Gasteiger partial charge in [0.1, 0.15) is 11.5 Å². The van der Waals surface area contributed by atoms with Crippen LogP contribution >= 0.6 is 0 Å². The number of rotatable bonds is 4. The number of phenolic OH excluding ortho intramolecular Hbond substituents is 1. The van der Waals surface area contributed by atoms with Crippen LogP contribution in [0.1, 0.15) is 11.1 Å². The fourth-order valence-corrected chi connectivity index (χ4v) is 2.35. The van der Waals surface area contributed by atoms with E-state index in [1.54, 1.807) is 0 Å². The summed E-state index contributed by atoms with van der Waals surface area (Å²) in [5.41, 5.74) is -0.137. The molecule has 1 aromatic rings. The molecular weight excluding hydrogens is 361 g/mol. The van der Waals surface area contributed by atoms with E-state index < -0.39 is 33.2 Å². The molecule has 0 amide bonds. The van der Waals surface area contributed by atoms with Gasteiger partial charge in [-0.25, -0.2) is 0 Å². The second kappa shape index (κ2) is 5.42. The van der Waals surface area contributed by atoms with Gasteiger partial charge in [-0.3, -0.25) is 0 Å².